The van der Waals surface area contributed by atoms with Gasteiger partial charge in [-0.15, -0.1) is 0 Å². The maximum Gasteiger partial charge on any atom is 0.325 e. The highest BCUT2D eigenvalue weighted by atomic mass is 16.3. The van der Waals surface area contributed by atoms with E-state index in [1.165, 1.54) is 60.4 Å². The Morgan fingerprint density at radius 2 is 1.25 bits per heavy atom. The molecule has 1 aliphatic heterocycles. The van der Waals surface area contributed by atoms with E-state index in [1.54, 1.807) is 0 Å². The average Bonchev–Trinajstić information content (AvgIpc) is 3.65. The van der Waals surface area contributed by atoms with Crippen LogP contribution < -0.4 is 16.2 Å². The molecule has 0 saturated heterocycles. The summed E-state index contributed by atoms with van der Waals surface area (Å²) in [6.07, 6.45) is 0. The van der Waals surface area contributed by atoms with Gasteiger partial charge in [-0.05, 0) is 85.6 Å². The van der Waals surface area contributed by atoms with E-state index < -0.39 is 0 Å². The Hall–Kier alpha value is -5.74. The summed E-state index contributed by atoms with van der Waals surface area (Å²) in [7, 11) is 0. The number of para-hydroxylation sites is 2. The highest BCUT2D eigenvalue weighted by molar-refractivity contribution is 6.92. The van der Waals surface area contributed by atoms with Crippen molar-refractivity contribution in [3.05, 3.63) is 145 Å². The Kier molecular flexibility index (Phi) is 5.64. The van der Waals surface area contributed by atoms with E-state index in [1.807, 2.05) is 0 Å². The molecule has 4 heteroatoms. The van der Waals surface area contributed by atoms with Crippen LogP contribution in [0.15, 0.2) is 144 Å². The normalized spacial score (nSPS) is 12.9. The van der Waals surface area contributed by atoms with E-state index in [0.29, 0.717) is 0 Å². The second-order valence-electron chi connectivity index (χ2n) is 14.2. The van der Waals surface area contributed by atoms with E-state index >= 15 is 0 Å². The van der Waals surface area contributed by atoms with Gasteiger partial charge >= 0.3 is 6.85 Å². The van der Waals surface area contributed by atoms with Gasteiger partial charge < -0.3 is 14.2 Å². The van der Waals surface area contributed by atoms with Crippen molar-refractivity contribution in [3.8, 4) is 16.8 Å². The minimum Gasteiger partial charge on any atom is -0.454 e. The lowest BCUT2D eigenvalue weighted by molar-refractivity contribution is 0.590. The van der Waals surface area contributed by atoms with Crippen LogP contribution in [0.2, 0.25) is 0 Å². The fraction of sp³-hybridized carbons (Fsp3) is 0.0909. The number of hydrogen-bond acceptors (Lipinski definition) is 2. The number of nitrogens with one attached hydrogen (secondary N) is 1. The zero-order valence-electron chi connectivity index (χ0n) is 27.2. The van der Waals surface area contributed by atoms with E-state index in [2.05, 4.69) is 170 Å². The lowest BCUT2D eigenvalue weighted by Crippen LogP contribution is -2.54. The van der Waals surface area contributed by atoms with Gasteiger partial charge in [0.05, 0.1) is 11.2 Å². The number of furan rings is 1. The van der Waals surface area contributed by atoms with Crippen LogP contribution in [-0.4, -0.2) is 11.4 Å². The van der Waals surface area contributed by atoms with Crippen LogP contribution in [0, 0.1) is 0 Å². The van der Waals surface area contributed by atoms with Crippen LogP contribution in [0.1, 0.15) is 26.3 Å². The van der Waals surface area contributed by atoms with Crippen LogP contribution in [0.4, 0.5) is 5.69 Å². The summed E-state index contributed by atoms with van der Waals surface area (Å²) in [6, 6.07) is 50.9. The lowest BCUT2D eigenvalue weighted by Gasteiger charge is -2.31. The summed E-state index contributed by atoms with van der Waals surface area (Å²) in [6.45, 7) is 6.69. The predicted octanol–water partition coefficient (Wildman–Crippen LogP) is 10.3. The Bertz CT molecular complexity index is 2740. The van der Waals surface area contributed by atoms with E-state index in [-0.39, 0.29) is 12.3 Å². The van der Waals surface area contributed by atoms with Crippen molar-refractivity contribution in [2.45, 2.75) is 26.2 Å². The second kappa shape index (κ2) is 9.89. The van der Waals surface area contributed by atoms with Crippen molar-refractivity contribution in [1.82, 2.24) is 4.57 Å². The molecule has 0 unspecified atom stereocenters. The molecule has 0 radical (unpaired) electrons. The van der Waals surface area contributed by atoms with Gasteiger partial charge in [0, 0.05) is 21.8 Å². The Morgan fingerprint density at radius 3 is 2.06 bits per heavy atom. The molecule has 0 atom stereocenters. The number of fused-ring (bicyclic) bond motifs is 10. The lowest BCUT2D eigenvalue weighted by atomic mass is 9.47. The molecule has 3 nitrogen and oxygen atoms in total. The summed E-state index contributed by atoms with van der Waals surface area (Å²) >= 11 is 0. The first-order valence-electron chi connectivity index (χ1n) is 16.8. The van der Waals surface area contributed by atoms with Gasteiger partial charge in [-0.1, -0.05) is 124 Å². The molecule has 0 aliphatic carbocycles. The summed E-state index contributed by atoms with van der Waals surface area (Å²) < 4.78 is 9.20. The van der Waals surface area contributed by atoms with Crippen molar-refractivity contribution >= 4 is 78.0 Å². The third-order valence-electron chi connectivity index (χ3n) is 10.4. The molecule has 9 aromatic rings. The molecule has 7 aromatic carbocycles. The minimum atomic E-state index is -0.111. The molecular formula is C44H33BN2O. The maximum atomic E-state index is 6.69. The molecule has 1 aliphatic rings. The summed E-state index contributed by atoms with van der Waals surface area (Å²) in [5, 5.41) is 11.3. The monoisotopic (exact) mass is 616 g/mol. The van der Waals surface area contributed by atoms with Gasteiger partial charge in [-0.25, -0.2) is 0 Å². The van der Waals surface area contributed by atoms with Crippen molar-refractivity contribution in [2.24, 2.45) is 0 Å². The fourth-order valence-electron chi connectivity index (χ4n) is 8.10. The molecule has 0 amide bonds. The molecule has 0 fully saturated rings. The summed E-state index contributed by atoms with van der Waals surface area (Å²) in [5.74, 6) is 0. The van der Waals surface area contributed by atoms with Crippen molar-refractivity contribution < 1.29 is 4.42 Å². The zero-order valence-corrected chi connectivity index (χ0v) is 27.2. The first-order valence-corrected chi connectivity index (χ1v) is 16.8. The molecular weight excluding hydrogens is 583 g/mol. The molecule has 0 bridgehead atoms. The van der Waals surface area contributed by atoms with E-state index in [4.69, 9.17) is 4.42 Å². The SMILES string of the molecule is CC(C)(C)c1ccc(NB2c3c(-c4cccc5ccccc45)cc4ccccc4c3-n3c4c2cccc4c2oc4ccccc4c23)cc1. The fourth-order valence-corrected chi connectivity index (χ4v) is 8.10. The number of aromatic nitrogens is 1. The van der Waals surface area contributed by atoms with Crippen LogP contribution in [0.5, 0.6) is 0 Å². The van der Waals surface area contributed by atoms with Crippen LogP contribution in [0.25, 0.3) is 71.3 Å². The highest BCUT2D eigenvalue weighted by Gasteiger charge is 2.38. The standard InChI is InChI=1S/C44H33BN2O/c1-44(2,3)29-22-24-30(25-23-29)46-45-37-20-11-19-35-40(37)47(42-34-17-8-9-21-38(34)48-43(35)42)41-32-16-7-5-13-28(32)26-36(39(41)45)33-18-10-14-27-12-4-6-15-31(27)33/h4-26,46H,1-3H3. The summed E-state index contributed by atoms with van der Waals surface area (Å²) in [5.41, 5.74) is 12.9. The second-order valence-corrected chi connectivity index (χ2v) is 14.2. The zero-order chi connectivity index (χ0) is 32.1. The van der Waals surface area contributed by atoms with Crippen LogP contribution >= 0.6 is 0 Å². The third kappa shape index (κ3) is 3.83. The van der Waals surface area contributed by atoms with Crippen molar-refractivity contribution in [3.63, 3.8) is 0 Å². The maximum absolute atomic E-state index is 6.69. The third-order valence-corrected chi connectivity index (χ3v) is 10.4. The number of hydrogen-bond donors (Lipinski definition) is 1. The molecule has 228 valence electrons. The largest absolute Gasteiger partial charge is 0.454 e. The van der Waals surface area contributed by atoms with E-state index in [0.717, 1.165) is 33.1 Å². The first-order chi connectivity index (χ1) is 23.5. The van der Waals surface area contributed by atoms with Crippen molar-refractivity contribution in [1.29, 1.82) is 0 Å². The van der Waals surface area contributed by atoms with E-state index in [9.17, 15) is 0 Å². The molecule has 10 rings (SSSR count). The number of benzene rings is 7. The molecule has 1 N–H and O–H groups in total. The average molecular weight is 617 g/mol. The Balaban J connectivity index is 1.37. The van der Waals surface area contributed by atoms with Gasteiger partial charge in [0.1, 0.15) is 11.1 Å². The van der Waals surface area contributed by atoms with Gasteiger partial charge in [0.2, 0.25) is 0 Å². The quantitative estimate of drug-likeness (QED) is 0.200. The van der Waals surface area contributed by atoms with Crippen LogP contribution in [0.3, 0.4) is 0 Å². The minimum absolute atomic E-state index is 0.0830. The first kappa shape index (κ1) is 27.4. The number of anilines is 1. The number of nitrogens with zero attached hydrogens (tertiary/aromatic N) is 1. The van der Waals surface area contributed by atoms with Gasteiger partial charge in [0.15, 0.2) is 5.58 Å². The topological polar surface area (TPSA) is 30.1 Å². The molecule has 0 spiro atoms. The molecule has 0 saturated carbocycles. The molecule has 48 heavy (non-hydrogen) atoms. The van der Waals surface area contributed by atoms with Gasteiger partial charge in [-0.2, -0.15) is 0 Å². The Labute approximate surface area is 279 Å². The van der Waals surface area contributed by atoms with Crippen LogP contribution in [-0.2, 0) is 5.41 Å². The van der Waals surface area contributed by atoms with Crippen molar-refractivity contribution in [2.75, 3.05) is 5.23 Å². The Morgan fingerprint density at radius 1 is 0.583 bits per heavy atom. The number of rotatable bonds is 3. The van der Waals surface area contributed by atoms with Gasteiger partial charge in [0.25, 0.3) is 0 Å². The predicted molar refractivity (Wildman–Crippen MR) is 205 cm³/mol. The highest BCUT2D eigenvalue weighted by Crippen LogP contribution is 2.43. The molecule has 2 aromatic heterocycles. The van der Waals surface area contributed by atoms with Gasteiger partial charge in [-0.3, -0.25) is 0 Å². The smallest absolute Gasteiger partial charge is 0.325 e. The summed E-state index contributed by atoms with van der Waals surface area (Å²) in [4.78, 5) is 0. The molecule has 3 heterocycles.